The number of aromatic nitrogens is 1. The molecule has 118 valence electrons. The van der Waals surface area contributed by atoms with Crippen molar-refractivity contribution in [3.8, 4) is 0 Å². The Morgan fingerprint density at radius 3 is 2.24 bits per heavy atom. The average molecular weight is 329 g/mol. The summed E-state index contributed by atoms with van der Waals surface area (Å²) in [6, 6.07) is 2.98. The van der Waals surface area contributed by atoms with Gasteiger partial charge in [-0.25, -0.2) is 13.1 Å². The second kappa shape index (κ2) is 7.29. The van der Waals surface area contributed by atoms with Gasteiger partial charge in [0, 0.05) is 12.7 Å². The number of nitrogens with one attached hydrogen (secondary N) is 1. The minimum absolute atomic E-state index is 0.119. The van der Waals surface area contributed by atoms with Crippen LogP contribution in [0.15, 0.2) is 23.2 Å². The lowest BCUT2D eigenvalue weighted by atomic mass is 9.86. The van der Waals surface area contributed by atoms with Gasteiger partial charge in [-0.05, 0) is 29.9 Å². The molecule has 1 aromatic heterocycles. The van der Waals surface area contributed by atoms with Crippen molar-refractivity contribution >= 4 is 27.2 Å². The molecule has 0 aliphatic carbocycles. The Balaban J connectivity index is 2.84. The van der Waals surface area contributed by atoms with Crippen LogP contribution in [0.5, 0.6) is 0 Å². The van der Waals surface area contributed by atoms with Gasteiger partial charge in [0.15, 0.2) is 0 Å². The number of rotatable bonds is 7. The molecule has 0 saturated heterocycles. The Bertz CT molecular complexity index is 573. The third-order valence-electron chi connectivity index (χ3n) is 3.52. The lowest BCUT2D eigenvalue weighted by Gasteiger charge is -2.24. The van der Waals surface area contributed by atoms with Crippen LogP contribution in [-0.2, 0) is 10.0 Å². The van der Waals surface area contributed by atoms with Crippen LogP contribution in [0.4, 0.5) is 0 Å². The van der Waals surface area contributed by atoms with Crippen LogP contribution >= 0.6 is 12.2 Å². The van der Waals surface area contributed by atoms with Crippen molar-refractivity contribution in [2.75, 3.05) is 6.54 Å². The SMILES string of the molecule is CC(C)C(CNS(=O)(=O)c1ccc(C(N)=S)nc1)C(C)C. The second-order valence-corrected chi connectivity index (χ2v) is 7.95. The first-order chi connectivity index (χ1) is 9.65. The summed E-state index contributed by atoms with van der Waals surface area (Å²) >= 11 is 4.79. The van der Waals surface area contributed by atoms with Crippen molar-refractivity contribution in [3.05, 3.63) is 24.0 Å². The van der Waals surface area contributed by atoms with Gasteiger partial charge in [-0.1, -0.05) is 39.9 Å². The van der Waals surface area contributed by atoms with E-state index in [0.717, 1.165) is 0 Å². The summed E-state index contributed by atoms with van der Waals surface area (Å²) in [7, 11) is -3.56. The number of hydrogen-bond donors (Lipinski definition) is 2. The summed E-state index contributed by atoms with van der Waals surface area (Å²) in [5, 5.41) is 0. The molecule has 1 aromatic rings. The van der Waals surface area contributed by atoms with Crippen molar-refractivity contribution in [3.63, 3.8) is 0 Å². The second-order valence-electron chi connectivity index (χ2n) is 5.75. The summed E-state index contributed by atoms with van der Waals surface area (Å²) in [4.78, 5) is 4.22. The molecule has 0 radical (unpaired) electrons. The first-order valence-corrected chi connectivity index (χ1v) is 8.79. The first kappa shape index (κ1) is 18.0. The maximum Gasteiger partial charge on any atom is 0.242 e. The molecule has 21 heavy (non-hydrogen) atoms. The zero-order valence-electron chi connectivity index (χ0n) is 12.8. The van der Waals surface area contributed by atoms with Crippen molar-refractivity contribution in [1.82, 2.24) is 9.71 Å². The maximum absolute atomic E-state index is 12.2. The quantitative estimate of drug-likeness (QED) is 0.747. The Hall–Kier alpha value is -1.05. The molecule has 0 aromatic carbocycles. The van der Waals surface area contributed by atoms with E-state index in [2.05, 4.69) is 37.4 Å². The lowest BCUT2D eigenvalue weighted by molar-refractivity contribution is 0.289. The van der Waals surface area contributed by atoms with Crippen molar-refractivity contribution in [2.45, 2.75) is 32.6 Å². The number of thiocarbonyl (C=S) groups is 1. The highest BCUT2D eigenvalue weighted by atomic mass is 32.2. The number of nitrogens with two attached hydrogens (primary N) is 1. The predicted molar refractivity (Wildman–Crippen MR) is 88.5 cm³/mol. The van der Waals surface area contributed by atoms with Crippen LogP contribution in [0.25, 0.3) is 0 Å². The van der Waals surface area contributed by atoms with E-state index in [1.165, 1.54) is 18.3 Å². The molecule has 0 amide bonds. The van der Waals surface area contributed by atoms with E-state index in [-0.39, 0.29) is 15.8 Å². The molecule has 1 rings (SSSR count). The zero-order chi connectivity index (χ0) is 16.2. The number of hydrogen-bond acceptors (Lipinski definition) is 4. The van der Waals surface area contributed by atoms with E-state index in [9.17, 15) is 8.42 Å². The average Bonchev–Trinajstić information content (AvgIpc) is 2.38. The molecular formula is C14H23N3O2S2. The van der Waals surface area contributed by atoms with Crippen LogP contribution in [0.1, 0.15) is 33.4 Å². The van der Waals surface area contributed by atoms with Gasteiger partial charge in [0.05, 0.1) is 5.69 Å². The highest BCUT2D eigenvalue weighted by molar-refractivity contribution is 7.89. The molecule has 0 aliphatic rings. The molecule has 0 saturated carbocycles. The van der Waals surface area contributed by atoms with Gasteiger partial charge >= 0.3 is 0 Å². The van der Waals surface area contributed by atoms with E-state index in [0.29, 0.717) is 24.1 Å². The smallest absolute Gasteiger partial charge is 0.242 e. The topological polar surface area (TPSA) is 85.1 Å². The summed E-state index contributed by atoms with van der Waals surface area (Å²) in [6.45, 7) is 8.79. The minimum atomic E-state index is -3.56. The number of sulfonamides is 1. The van der Waals surface area contributed by atoms with Crippen LogP contribution in [0, 0.1) is 17.8 Å². The molecule has 0 atom stereocenters. The fraction of sp³-hybridized carbons (Fsp3) is 0.571. The molecular weight excluding hydrogens is 306 g/mol. The Morgan fingerprint density at radius 2 is 1.86 bits per heavy atom. The van der Waals surface area contributed by atoms with Crippen molar-refractivity contribution in [2.24, 2.45) is 23.5 Å². The van der Waals surface area contributed by atoms with E-state index in [1.807, 2.05) is 0 Å². The van der Waals surface area contributed by atoms with Crippen LogP contribution in [-0.4, -0.2) is 24.9 Å². The summed E-state index contributed by atoms with van der Waals surface area (Å²) < 4.78 is 27.2. The van der Waals surface area contributed by atoms with Gasteiger partial charge < -0.3 is 5.73 Å². The molecule has 0 fully saturated rings. The fourth-order valence-electron chi connectivity index (χ4n) is 2.22. The molecule has 1 heterocycles. The molecule has 5 nitrogen and oxygen atoms in total. The van der Waals surface area contributed by atoms with E-state index in [1.54, 1.807) is 0 Å². The minimum Gasteiger partial charge on any atom is -0.388 e. The van der Waals surface area contributed by atoms with Gasteiger partial charge in [-0.15, -0.1) is 0 Å². The number of nitrogens with zero attached hydrogens (tertiary/aromatic N) is 1. The van der Waals surface area contributed by atoms with Gasteiger partial charge in [-0.3, -0.25) is 4.98 Å². The largest absolute Gasteiger partial charge is 0.388 e. The van der Waals surface area contributed by atoms with Gasteiger partial charge in [-0.2, -0.15) is 0 Å². The van der Waals surface area contributed by atoms with Crippen LogP contribution in [0.3, 0.4) is 0 Å². The Labute approximate surface area is 132 Å². The zero-order valence-corrected chi connectivity index (χ0v) is 14.5. The van der Waals surface area contributed by atoms with E-state index in [4.69, 9.17) is 18.0 Å². The van der Waals surface area contributed by atoms with Crippen molar-refractivity contribution < 1.29 is 8.42 Å². The van der Waals surface area contributed by atoms with Gasteiger partial charge in [0.1, 0.15) is 9.88 Å². The third-order valence-corrected chi connectivity index (χ3v) is 5.14. The molecule has 7 heteroatoms. The Kier molecular flexibility index (Phi) is 6.24. The molecule has 0 unspecified atom stereocenters. The molecule has 3 N–H and O–H groups in total. The maximum atomic E-state index is 12.2. The first-order valence-electron chi connectivity index (χ1n) is 6.90. The predicted octanol–water partition coefficient (Wildman–Crippen LogP) is 1.92. The van der Waals surface area contributed by atoms with Crippen LogP contribution < -0.4 is 10.5 Å². The highest BCUT2D eigenvalue weighted by Gasteiger charge is 2.21. The summed E-state index contributed by atoms with van der Waals surface area (Å²) in [5.74, 6) is 1.09. The van der Waals surface area contributed by atoms with Gasteiger partial charge in [0.25, 0.3) is 0 Å². The van der Waals surface area contributed by atoms with E-state index < -0.39 is 10.0 Å². The standard InChI is InChI=1S/C14H23N3O2S2/c1-9(2)12(10(3)4)8-17-21(18,19)11-5-6-13(14(15)20)16-7-11/h5-7,9-10,12,17H,8H2,1-4H3,(H2,15,20). The molecule has 0 bridgehead atoms. The molecule has 0 aliphatic heterocycles. The monoisotopic (exact) mass is 329 g/mol. The normalized spacial score (nSPS) is 12.3. The van der Waals surface area contributed by atoms with E-state index >= 15 is 0 Å². The molecule has 0 spiro atoms. The highest BCUT2D eigenvalue weighted by Crippen LogP contribution is 2.20. The summed E-state index contributed by atoms with van der Waals surface area (Å²) in [6.07, 6.45) is 1.27. The lowest BCUT2D eigenvalue weighted by Crippen LogP contribution is -2.34. The summed E-state index contributed by atoms with van der Waals surface area (Å²) in [5.41, 5.74) is 5.85. The Morgan fingerprint density at radius 1 is 1.29 bits per heavy atom. The number of pyridine rings is 1. The fourth-order valence-corrected chi connectivity index (χ4v) is 3.35. The van der Waals surface area contributed by atoms with Crippen molar-refractivity contribution in [1.29, 1.82) is 0 Å². The van der Waals surface area contributed by atoms with Gasteiger partial charge in [0.2, 0.25) is 10.0 Å². The van der Waals surface area contributed by atoms with Crippen LogP contribution in [0.2, 0.25) is 0 Å². The third kappa shape index (κ3) is 5.01.